The Morgan fingerprint density at radius 1 is 0.296 bits per heavy atom. The van der Waals surface area contributed by atoms with Gasteiger partial charge in [-0.2, -0.15) is 0 Å². The zero-order valence-corrected chi connectivity index (χ0v) is 30.1. The Balaban J connectivity index is 1.07. The van der Waals surface area contributed by atoms with E-state index in [1.165, 1.54) is 76.6 Å². The second-order valence-electron chi connectivity index (χ2n) is 14.7. The molecule has 54 heavy (non-hydrogen) atoms. The lowest BCUT2D eigenvalue weighted by Crippen LogP contribution is -2.27. The third-order valence-electron chi connectivity index (χ3n) is 11.6. The Labute approximate surface area is 317 Å². The van der Waals surface area contributed by atoms with Crippen molar-refractivity contribution in [1.82, 2.24) is 15.0 Å². The van der Waals surface area contributed by atoms with Gasteiger partial charge in [-0.3, -0.25) is 0 Å². The van der Waals surface area contributed by atoms with Crippen molar-refractivity contribution in [3.05, 3.63) is 187 Å². The smallest absolute Gasteiger partial charge is 0.164 e. The van der Waals surface area contributed by atoms with Gasteiger partial charge in [0.15, 0.2) is 17.5 Å². The first-order chi connectivity index (χ1) is 26.7. The highest BCUT2D eigenvalue weighted by Gasteiger charge is 2.43. The van der Waals surface area contributed by atoms with Crippen molar-refractivity contribution >= 4 is 0 Å². The number of fused-ring (bicyclic) bond motifs is 5. The molecule has 1 aromatic heterocycles. The van der Waals surface area contributed by atoms with Gasteiger partial charge in [0.25, 0.3) is 0 Å². The van der Waals surface area contributed by atoms with Crippen LogP contribution >= 0.6 is 0 Å². The molecule has 258 valence electrons. The lowest BCUT2D eigenvalue weighted by Gasteiger charge is -2.36. The van der Waals surface area contributed by atoms with Crippen molar-refractivity contribution in [3.63, 3.8) is 0 Å². The molecule has 0 amide bonds. The molecule has 0 radical (unpaired) electrons. The minimum atomic E-state index is 0.174. The topological polar surface area (TPSA) is 38.7 Å². The van der Waals surface area contributed by atoms with E-state index >= 15 is 0 Å². The summed E-state index contributed by atoms with van der Waals surface area (Å²) in [6.45, 7) is 0. The van der Waals surface area contributed by atoms with Gasteiger partial charge in [-0.25, -0.2) is 15.0 Å². The number of nitrogens with zero attached hydrogens (tertiary/aromatic N) is 3. The zero-order valence-electron chi connectivity index (χ0n) is 30.1. The summed E-state index contributed by atoms with van der Waals surface area (Å²) >= 11 is 0. The summed E-state index contributed by atoms with van der Waals surface area (Å²) in [6, 6.07) is 63.0. The molecule has 10 rings (SSSR count). The van der Waals surface area contributed by atoms with Crippen LogP contribution in [0, 0.1) is 0 Å². The van der Waals surface area contributed by atoms with Crippen molar-refractivity contribution in [2.24, 2.45) is 0 Å². The van der Waals surface area contributed by atoms with Crippen LogP contribution in [0.1, 0.15) is 43.2 Å². The van der Waals surface area contributed by atoms with Crippen molar-refractivity contribution < 1.29 is 0 Å². The standard InChI is InChI=1S/C51H39N3/c1-5-15-36(16-6-1)42-29-27-41(50-53-48(38-17-7-2-8-18-38)52-49(54-50)39-19-9-3-10-20-39)34-44(42)37-25-23-35(24-26-37)40-28-30-47-45(33-40)43-21-11-12-22-46(43)51(47)31-13-4-14-32-51/h1-3,5-12,15-30,33-34H,4,13-14,31-32H2. The summed E-state index contributed by atoms with van der Waals surface area (Å²) in [7, 11) is 0. The molecule has 0 unspecified atom stereocenters. The molecule has 0 aliphatic heterocycles. The molecule has 0 atom stereocenters. The molecule has 2 aliphatic carbocycles. The van der Waals surface area contributed by atoms with Gasteiger partial charge in [0, 0.05) is 22.1 Å². The third kappa shape index (κ3) is 5.64. The molecule has 0 saturated heterocycles. The fraction of sp³-hybridized carbons (Fsp3) is 0.118. The van der Waals surface area contributed by atoms with Gasteiger partial charge in [0.1, 0.15) is 0 Å². The lowest BCUT2D eigenvalue weighted by atomic mass is 9.68. The molecule has 2 aliphatic rings. The molecule has 7 aromatic carbocycles. The van der Waals surface area contributed by atoms with Crippen molar-refractivity contribution in [2.75, 3.05) is 0 Å². The monoisotopic (exact) mass is 693 g/mol. The molecular formula is C51H39N3. The van der Waals surface area contributed by atoms with Crippen LogP contribution in [-0.2, 0) is 5.41 Å². The van der Waals surface area contributed by atoms with Crippen LogP contribution in [0.25, 0.3) is 78.7 Å². The van der Waals surface area contributed by atoms with Gasteiger partial charge in [0.2, 0.25) is 0 Å². The summed E-state index contributed by atoms with van der Waals surface area (Å²) in [4.78, 5) is 15.0. The average Bonchev–Trinajstić information content (AvgIpc) is 3.52. The van der Waals surface area contributed by atoms with Crippen molar-refractivity contribution in [2.45, 2.75) is 37.5 Å². The first-order valence-corrected chi connectivity index (χ1v) is 19.2. The summed E-state index contributed by atoms with van der Waals surface area (Å²) in [5, 5.41) is 0. The van der Waals surface area contributed by atoms with Crippen LogP contribution < -0.4 is 0 Å². The predicted octanol–water partition coefficient (Wildman–Crippen LogP) is 13.1. The van der Waals surface area contributed by atoms with Crippen LogP contribution in [-0.4, -0.2) is 15.0 Å². The molecule has 3 nitrogen and oxygen atoms in total. The van der Waals surface area contributed by atoms with Gasteiger partial charge in [-0.05, 0) is 80.6 Å². The second kappa shape index (κ2) is 13.5. The molecule has 1 spiro atoms. The van der Waals surface area contributed by atoms with Gasteiger partial charge in [0.05, 0.1) is 0 Å². The minimum Gasteiger partial charge on any atom is -0.208 e. The normalized spacial score (nSPS) is 14.1. The van der Waals surface area contributed by atoms with Gasteiger partial charge in [-0.1, -0.05) is 183 Å². The summed E-state index contributed by atoms with van der Waals surface area (Å²) in [5.41, 5.74) is 16.0. The summed E-state index contributed by atoms with van der Waals surface area (Å²) in [5.74, 6) is 1.96. The molecule has 0 bridgehead atoms. The number of benzene rings is 7. The van der Waals surface area contributed by atoms with Crippen LogP contribution in [0.15, 0.2) is 176 Å². The van der Waals surface area contributed by atoms with E-state index in [4.69, 9.17) is 15.0 Å². The Kier molecular flexibility index (Phi) is 8.06. The van der Waals surface area contributed by atoms with E-state index in [2.05, 4.69) is 115 Å². The quantitative estimate of drug-likeness (QED) is 0.174. The maximum atomic E-state index is 5.04. The van der Waals surface area contributed by atoms with Crippen LogP contribution in [0.2, 0.25) is 0 Å². The number of aromatic nitrogens is 3. The minimum absolute atomic E-state index is 0.174. The fourth-order valence-corrected chi connectivity index (χ4v) is 8.91. The van der Waals surface area contributed by atoms with E-state index in [1.807, 2.05) is 60.7 Å². The SMILES string of the molecule is c1ccc(-c2nc(-c3ccccc3)nc(-c3ccc(-c4ccccc4)c(-c4ccc(-c5ccc6c(c5)-c5ccccc5C65CCCCC5)cc4)c3)n2)cc1. The van der Waals surface area contributed by atoms with Gasteiger partial charge >= 0.3 is 0 Å². The highest BCUT2D eigenvalue weighted by molar-refractivity contribution is 5.89. The molecule has 1 heterocycles. The largest absolute Gasteiger partial charge is 0.208 e. The average molecular weight is 694 g/mol. The van der Waals surface area contributed by atoms with E-state index < -0.39 is 0 Å². The van der Waals surface area contributed by atoms with E-state index in [9.17, 15) is 0 Å². The van der Waals surface area contributed by atoms with E-state index in [-0.39, 0.29) is 5.41 Å². The molecule has 8 aromatic rings. The first kappa shape index (κ1) is 32.2. The zero-order chi connectivity index (χ0) is 35.9. The van der Waals surface area contributed by atoms with E-state index in [0.717, 1.165) is 27.8 Å². The molecule has 1 fully saturated rings. The van der Waals surface area contributed by atoms with Crippen molar-refractivity contribution in [1.29, 1.82) is 0 Å². The van der Waals surface area contributed by atoms with E-state index in [0.29, 0.717) is 17.5 Å². The third-order valence-corrected chi connectivity index (χ3v) is 11.6. The predicted molar refractivity (Wildman–Crippen MR) is 222 cm³/mol. The van der Waals surface area contributed by atoms with Crippen LogP contribution in [0.3, 0.4) is 0 Å². The Morgan fingerprint density at radius 2 is 0.759 bits per heavy atom. The Hall–Kier alpha value is -6.45. The summed E-state index contributed by atoms with van der Waals surface area (Å²) in [6.07, 6.45) is 6.45. The molecule has 1 saturated carbocycles. The van der Waals surface area contributed by atoms with Crippen LogP contribution in [0.4, 0.5) is 0 Å². The fourth-order valence-electron chi connectivity index (χ4n) is 8.91. The first-order valence-electron chi connectivity index (χ1n) is 19.2. The van der Waals surface area contributed by atoms with Crippen molar-refractivity contribution in [3.8, 4) is 78.7 Å². The van der Waals surface area contributed by atoms with E-state index in [1.54, 1.807) is 0 Å². The maximum absolute atomic E-state index is 5.04. The maximum Gasteiger partial charge on any atom is 0.164 e. The number of hydrogen-bond acceptors (Lipinski definition) is 3. The highest BCUT2D eigenvalue weighted by atomic mass is 15.0. The molecule has 0 N–H and O–H groups in total. The molecular weight excluding hydrogens is 655 g/mol. The van der Waals surface area contributed by atoms with Gasteiger partial charge < -0.3 is 0 Å². The lowest BCUT2D eigenvalue weighted by molar-refractivity contribution is 0.353. The Bertz CT molecular complexity index is 2550. The van der Waals surface area contributed by atoms with Gasteiger partial charge in [-0.15, -0.1) is 0 Å². The van der Waals surface area contributed by atoms with Crippen LogP contribution in [0.5, 0.6) is 0 Å². The Morgan fingerprint density at radius 3 is 1.41 bits per heavy atom. The second-order valence-corrected chi connectivity index (χ2v) is 14.7. The molecule has 3 heteroatoms. The number of hydrogen-bond donors (Lipinski definition) is 0. The number of rotatable bonds is 6. The summed E-state index contributed by atoms with van der Waals surface area (Å²) < 4.78 is 0. The highest BCUT2D eigenvalue weighted by Crippen LogP contribution is 2.56.